The first kappa shape index (κ1) is 32.0. The van der Waals surface area contributed by atoms with E-state index in [2.05, 4.69) is 58.2 Å². The Kier molecular flexibility index (Phi) is 8.47. The molecule has 3 N–H and O–H groups in total. The Balaban J connectivity index is 1.04. The Hall–Kier alpha value is -5.23. The lowest BCUT2D eigenvalue weighted by molar-refractivity contribution is -0.141. The normalized spacial score (nSPS) is 18.4. The molecule has 8 rings (SSSR count). The van der Waals surface area contributed by atoms with Gasteiger partial charge in [0.05, 0.1) is 17.7 Å². The van der Waals surface area contributed by atoms with Gasteiger partial charge in [0.15, 0.2) is 17.0 Å². The number of rotatable bonds is 9. The van der Waals surface area contributed by atoms with E-state index in [1.165, 1.54) is 0 Å². The third-order valence-electron chi connectivity index (χ3n) is 10.1. The summed E-state index contributed by atoms with van der Waals surface area (Å²) in [7, 11) is 0. The minimum absolute atomic E-state index is 0.245. The third kappa shape index (κ3) is 6.31. The molecule has 6 heterocycles. The number of carboxylic acid groups (broad SMARTS) is 1. The average molecular weight is 670 g/mol. The zero-order valence-corrected chi connectivity index (χ0v) is 28.1. The molecule has 2 atom stereocenters. The molecule has 254 valence electrons. The van der Waals surface area contributed by atoms with Crippen LogP contribution in [0.5, 0.6) is 0 Å². The number of likely N-dealkylation sites (tertiary alicyclic amines) is 2. The second-order valence-corrected chi connectivity index (χ2v) is 13.5. The van der Waals surface area contributed by atoms with Gasteiger partial charge in [0.1, 0.15) is 5.52 Å². The number of hydrogen-bond donors (Lipinski definition) is 3. The predicted octanol–water partition coefficient (Wildman–Crippen LogP) is 6.33. The van der Waals surface area contributed by atoms with Gasteiger partial charge in [0, 0.05) is 61.8 Å². The molecule has 2 aromatic carbocycles. The summed E-state index contributed by atoms with van der Waals surface area (Å²) in [4.78, 5) is 34.8. The molecule has 11 heteroatoms. The van der Waals surface area contributed by atoms with Crippen molar-refractivity contribution in [2.45, 2.75) is 45.9 Å². The number of hydrogen-bond acceptors (Lipinski definition) is 10. The number of nitrogens with zero attached hydrogens (tertiary/aromatic N) is 6. The van der Waals surface area contributed by atoms with Crippen LogP contribution in [0.2, 0.25) is 0 Å². The zero-order valence-electron chi connectivity index (χ0n) is 28.1. The monoisotopic (exact) mass is 669 g/mol. The van der Waals surface area contributed by atoms with Crippen LogP contribution in [0.4, 0.5) is 11.5 Å². The summed E-state index contributed by atoms with van der Waals surface area (Å²) in [5.41, 5.74) is 10.0. The molecular weight excluding hydrogens is 630 g/mol. The Morgan fingerprint density at radius 2 is 1.68 bits per heavy atom. The molecule has 2 aliphatic heterocycles. The number of carboxylic acids is 1. The smallest absolute Gasteiger partial charge is 0.307 e. The summed E-state index contributed by atoms with van der Waals surface area (Å²) in [5.74, 6) is 0.142. The fourth-order valence-electron chi connectivity index (χ4n) is 7.31. The maximum atomic E-state index is 11.4. The van der Waals surface area contributed by atoms with Crippen LogP contribution in [0.3, 0.4) is 0 Å². The van der Waals surface area contributed by atoms with Gasteiger partial charge in [-0.1, -0.05) is 24.3 Å². The first-order valence-electron chi connectivity index (χ1n) is 17.1. The van der Waals surface area contributed by atoms with E-state index >= 15 is 0 Å². The molecule has 6 aromatic rings. The number of pyridine rings is 3. The number of aromatic nitrogens is 4. The quantitative estimate of drug-likeness (QED) is 0.159. The van der Waals surface area contributed by atoms with Gasteiger partial charge < -0.3 is 19.9 Å². The molecular formula is C39H39N7O4. The molecule has 2 fully saturated rings. The number of carbonyl (C=O) groups is 1. The molecule has 0 bridgehead atoms. The third-order valence-corrected chi connectivity index (χ3v) is 10.1. The number of nitrogens with one attached hydrogen (secondary N) is 1. The molecule has 0 aliphatic carbocycles. The maximum absolute atomic E-state index is 11.4. The van der Waals surface area contributed by atoms with Gasteiger partial charge in [-0.05, 0) is 97.4 Å². The van der Waals surface area contributed by atoms with Crippen molar-refractivity contribution in [2.75, 3.05) is 31.5 Å². The summed E-state index contributed by atoms with van der Waals surface area (Å²) in [6.07, 6.45) is 4.94. The number of β-amino-alcohol motifs (C(OH)–C–C–N with tert-alkyl or cyclic N) is 1. The number of aliphatic hydroxyl groups is 1. The highest BCUT2D eigenvalue weighted by atomic mass is 16.4. The maximum Gasteiger partial charge on any atom is 0.307 e. The average Bonchev–Trinajstić information content (AvgIpc) is 3.86. The van der Waals surface area contributed by atoms with Crippen molar-refractivity contribution in [1.82, 2.24) is 29.7 Å². The van der Waals surface area contributed by atoms with E-state index in [1.54, 1.807) is 0 Å². The van der Waals surface area contributed by atoms with E-state index < -0.39 is 5.97 Å². The molecule has 0 spiro atoms. The van der Waals surface area contributed by atoms with E-state index in [4.69, 9.17) is 19.4 Å². The van der Waals surface area contributed by atoms with Crippen LogP contribution in [0, 0.1) is 19.8 Å². The Morgan fingerprint density at radius 1 is 0.900 bits per heavy atom. The van der Waals surface area contributed by atoms with E-state index in [0.717, 1.165) is 81.7 Å². The number of benzene rings is 2. The summed E-state index contributed by atoms with van der Waals surface area (Å²) in [6.45, 7) is 8.40. The molecule has 11 nitrogen and oxygen atoms in total. The van der Waals surface area contributed by atoms with Crippen molar-refractivity contribution in [3.8, 4) is 22.6 Å². The van der Waals surface area contributed by atoms with Crippen molar-refractivity contribution >= 4 is 39.6 Å². The van der Waals surface area contributed by atoms with Crippen LogP contribution in [0.15, 0.2) is 77.5 Å². The van der Waals surface area contributed by atoms with Gasteiger partial charge in [-0.3, -0.25) is 19.6 Å². The van der Waals surface area contributed by atoms with Crippen molar-refractivity contribution in [3.63, 3.8) is 0 Å². The van der Waals surface area contributed by atoms with Gasteiger partial charge in [0.2, 0.25) is 5.89 Å². The predicted molar refractivity (Wildman–Crippen MR) is 192 cm³/mol. The lowest BCUT2D eigenvalue weighted by atomic mass is 9.93. The lowest BCUT2D eigenvalue weighted by Gasteiger charge is -2.17. The van der Waals surface area contributed by atoms with Gasteiger partial charge in [-0.15, -0.1) is 0 Å². The van der Waals surface area contributed by atoms with Crippen LogP contribution in [-0.2, 0) is 17.9 Å². The minimum atomic E-state index is -0.739. The molecule has 50 heavy (non-hydrogen) atoms. The van der Waals surface area contributed by atoms with E-state index in [1.807, 2.05) is 48.8 Å². The molecule has 2 saturated heterocycles. The minimum Gasteiger partial charge on any atom is -0.481 e. The van der Waals surface area contributed by atoms with E-state index in [9.17, 15) is 15.0 Å². The van der Waals surface area contributed by atoms with Gasteiger partial charge in [0.25, 0.3) is 0 Å². The van der Waals surface area contributed by atoms with Gasteiger partial charge in [-0.25, -0.2) is 9.97 Å². The Bertz CT molecular complexity index is 2230. The first-order valence-corrected chi connectivity index (χ1v) is 17.1. The van der Waals surface area contributed by atoms with Crippen LogP contribution in [0.1, 0.15) is 35.2 Å². The molecule has 4 aromatic heterocycles. The summed E-state index contributed by atoms with van der Waals surface area (Å²) in [6, 6.07) is 20.3. The fourth-order valence-corrected chi connectivity index (χ4v) is 7.31. The summed E-state index contributed by atoms with van der Waals surface area (Å²) >= 11 is 0. The van der Waals surface area contributed by atoms with Gasteiger partial charge >= 0.3 is 5.97 Å². The Morgan fingerprint density at radius 3 is 2.48 bits per heavy atom. The highest BCUT2D eigenvalue weighted by molar-refractivity contribution is 5.91. The van der Waals surface area contributed by atoms with Crippen LogP contribution in [-0.4, -0.2) is 78.2 Å². The van der Waals surface area contributed by atoms with E-state index in [0.29, 0.717) is 49.0 Å². The Labute approximate surface area is 289 Å². The number of anilines is 2. The van der Waals surface area contributed by atoms with Crippen LogP contribution < -0.4 is 5.32 Å². The lowest BCUT2D eigenvalue weighted by Crippen LogP contribution is -2.23. The SMILES string of the molecule is Cc1c(Nc2nccc3cc(CN4CC[C@@H](O)C4)cnc23)cccc1-c1cccc(-c2nc3nc(CN4CC[C@@H](C(=O)O)C4)ccc3o2)c1C. The fraction of sp³-hybridized carbons (Fsp3) is 0.308. The second-order valence-electron chi connectivity index (χ2n) is 13.5. The van der Waals surface area contributed by atoms with Gasteiger partial charge in [-0.2, -0.15) is 4.98 Å². The highest BCUT2D eigenvalue weighted by Crippen LogP contribution is 2.37. The van der Waals surface area contributed by atoms with Crippen molar-refractivity contribution < 1.29 is 19.4 Å². The van der Waals surface area contributed by atoms with Crippen LogP contribution in [0.25, 0.3) is 44.7 Å². The molecule has 0 saturated carbocycles. The summed E-state index contributed by atoms with van der Waals surface area (Å²) < 4.78 is 6.22. The number of fused-ring (bicyclic) bond motifs is 2. The van der Waals surface area contributed by atoms with Crippen LogP contribution >= 0.6 is 0 Å². The van der Waals surface area contributed by atoms with Crippen molar-refractivity contribution in [3.05, 3.63) is 95.4 Å². The number of oxazole rings is 1. The standard InChI is InChI=1S/C39H39N7O4/c1-23-30(5-3-7-32(23)38-44-36-34(50-38)10-9-28(42-36)21-46-15-12-27(20-46)39(48)49)31-6-4-8-33(24(31)2)43-37-35-26(11-14-40-37)17-25(18-41-35)19-45-16-13-29(47)22-45/h3-11,14,17-18,27,29,47H,12-13,15-16,19-22H2,1-2H3,(H,40,43)(H,48,49)/t27-,29-/m1/s1. The van der Waals surface area contributed by atoms with E-state index in [-0.39, 0.29) is 12.0 Å². The molecule has 0 unspecified atom stereocenters. The highest BCUT2D eigenvalue weighted by Gasteiger charge is 2.28. The molecule has 0 amide bonds. The molecule has 0 radical (unpaired) electrons. The summed E-state index contributed by atoms with van der Waals surface area (Å²) in [5, 5.41) is 23.8. The zero-order chi connectivity index (χ0) is 34.4. The number of aliphatic hydroxyl groups excluding tert-OH is 1. The van der Waals surface area contributed by atoms with Crippen molar-refractivity contribution in [1.29, 1.82) is 0 Å². The first-order chi connectivity index (χ1) is 24.3. The second kappa shape index (κ2) is 13.2. The van der Waals surface area contributed by atoms with Crippen molar-refractivity contribution in [2.24, 2.45) is 5.92 Å². The molecule has 2 aliphatic rings. The number of aliphatic carboxylic acids is 1. The largest absolute Gasteiger partial charge is 0.481 e. The topological polar surface area (TPSA) is 141 Å².